The molecule has 9 N–H and O–H groups in total. The fraction of sp³-hybridized carbons (Fsp3) is 0.542. The molecule has 23 nitrogen and oxygen atoms in total. The Labute approximate surface area is 281 Å². The summed E-state index contributed by atoms with van der Waals surface area (Å²) in [6, 6.07) is 0. The summed E-state index contributed by atoms with van der Waals surface area (Å²) < 4.78 is 66.2. The lowest BCUT2D eigenvalue weighted by Crippen LogP contribution is -2.57. The maximum absolute atomic E-state index is 12.7. The number of pyridine rings is 1. The number of aromatic amines is 1. The van der Waals surface area contributed by atoms with Crippen LogP contribution in [-0.2, 0) is 47.7 Å². The number of nitrogens with zero attached hydrogens (tertiary/aromatic N) is 3. The van der Waals surface area contributed by atoms with Crippen LogP contribution in [0.15, 0.2) is 27.0 Å². The van der Waals surface area contributed by atoms with E-state index in [4.69, 9.17) is 28.3 Å². The van der Waals surface area contributed by atoms with Crippen molar-refractivity contribution in [3.8, 4) is 5.75 Å². The molecule has 2 aliphatic rings. The summed E-state index contributed by atoms with van der Waals surface area (Å²) in [6.45, 7) is 2.39. The zero-order valence-corrected chi connectivity index (χ0v) is 28.8. The third-order valence-electron chi connectivity index (χ3n) is 7.17. The van der Waals surface area contributed by atoms with Gasteiger partial charge in [-0.3, -0.25) is 37.9 Å². The second kappa shape index (κ2) is 15.2. The zero-order chi connectivity index (χ0) is 37.4. The Morgan fingerprint density at radius 3 is 2.46 bits per heavy atom. The number of aliphatic imine (C=N–C) groups is 1. The van der Waals surface area contributed by atoms with Gasteiger partial charge in [0.1, 0.15) is 18.1 Å². The summed E-state index contributed by atoms with van der Waals surface area (Å²) in [7, 11) is -16.2. The Bertz CT molecular complexity index is 1860. The maximum Gasteiger partial charge on any atom is 0.483 e. The molecular weight excluding hydrogens is 741 g/mol. The molecule has 2 aromatic heterocycles. The second-order valence-electron chi connectivity index (χ2n) is 11.1. The molecule has 26 heteroatoms. The molecular formula is C24H34N4O19P3. The summed E-state index contributed by atoms with van der Waals surface area (Å²) in [6.07, 6.45) is -5.89. The van der Waals surface area contributed by atoms with Crippen LogP contribution in [0.3, 0.4) is 0 Å². The van der Waals surface area contributed by atoms with Crippen molar-refractivity contribution >= 4 is 29.7 Å². The number of aryl methyl sites for hydroxylation is 2. The van der Waals surface area contributed by atoms with E-state index < -0.39 is 96.3 Å². The predicted octanol–water partition coefficient (Wildman–Crippen LogP) is -1.12. The lowest BCUT2D eigenvalue weighted by molar-refractivity contribution is -0.243. The highest BCUT2D eigenvalue weighted by molar-refractivity contribution is 7.61. The van der Waals surface area contributed by atoms with E-state index in [1.165, 1.54) is 27.0 Å². The van der Waals surface area contributed by atoms with Crippen LogP contribution >= 0.6 is 23.5 Å². The molecule has 0 aromatic carbocycles. The lowest BCUT2D eigenvalue weighted by atomic mass is 9.96. The van der Waals surface area contributed by atoms with E-state index in [0.717, 1.165) is 23.4 Å². The Balaban J connectivity index is 1.42. The van der Waals surface area contributed by atoms with Crippen molar-refractivity contribution in [3.63, 3.8) is 0 Å². The lowest BCUT2D eigenvalue weighted by Gasteiger charge is -2.41. The number of aliphatic hydroxyl groups is 3. The smallest absolute Gasteiger partial charge is 0.483 e. The first-order valence-corrected chi connectivity index (χ1v) is 18.7. The Morgan fingerprint density at radius 2 is 1.80 bits per heavy atom. The average Bonchev–Trinajstić information content (AvgIpc) is 3.35. The molecule has 0 aliphatic carbocycles. The third kappa shape index (κ3) is 10.1. The second-order valence-corrected chi connectivity index (χ2v) is 15.3. The average molecular weight is 775 g/mol. The summed E-state index contributed by atoms with van der Waals surface area (Å²) in [4.78, 5) is 71.9. The Hall–Kier alpha value is -2.53. The van der Waals surface area contributed by atoms with Crippen molar-refractivity contribution in [2.24, 2.45) is 4.99 Å². The highest BCUT2D eigenvalue weighted by Crippen LogP contribution is 2.61. The van der Waals surface area contributed by atoms with Crippen LogP contribution in [0.5, 0.6) is 5.75 Å². The van der Waals surface area contributed by atoms with Crippen LogP contribution in [0.2, 0.25) is 0 Å². The normalized spacial score (nSPS) is 30.0. The van der Waals surface area contributed by atoms with Gasteiger partial charge in [-0.15, -0.1) is 0 Å². The first-order valence-electron chi connectivity index (χ1n) is 14.2. The van der Waals surface area contributed by atoms with Crippen LogP contribution in [0.4, 0.5) is 0 Å². The Kier molecular flexibility index (Phi) is 12.2. The van der Waals surface area contributed by atoms with Crippen LogP contribution in [0, 0.1) is 20.3 Å². The number of rotatable bonds is 13. The van der Waals surface area contributed by atoms with Crippen molar-refractivity contribution in [2.45, 2.75) is 76.5 Å². The molecule has 2 fully saturated rings. The van der Waals surface area contributed by atoms with Gasteiger partial charge in [-0.2, -0.15) is 4.31 Å². The minimum atomic E-state index is -5.70. The molecule has 9 atom stereocenters. The predicted molar refractivity (Wildman–Crippen MR) is 163 cm³/mol. The van der Waals surface area contributed by atoms with Crippen molar-refractivity contribution < 1.29 is 81.1 Å². The van der Waals surface area contributed by atoms with Gasteiger partial charge in [0, 0.05) is 48.1 Å². The van der Waals surface area contributed by atoms with E-state index >= 15 is 0 Å². The Morgan fingerprint density at radius 1 is 1.12 bits per heavy atom. The van der Waals surface area contributed by atoms with E-state index in [0.29, 0.717) is 0 Å². The van der Waals surface area contributed by atoms with Gasteiger partial charge in [0.2, 0.25) is 0 Å². The van der Waals surface area contributed by atoms with Crippen molar-refractivity contribution in [2.75, 3.05) is 6.61 Å². The van der Waals surface area contributed by atoms with Crippen LogP contribution in [0.1, 0.15) is 42.0 Å². The van der Waals surface area contributed by atoms with Crippen LogP contribution in [0.25, 0.3) is 0 Å². The van der Waals surface area contributed by atoms with Gasteiger partial charge < -0.3 is 49.5 Å². The molecule has 4 heterocycles. The van der Waals surface area contributed by atoms with Gasteiger partial charge in [-0.1, -0.05) is 0 Å². The van der Waals surface area contributed by atoms with E-state index in [-0.39, 0.29) is 28.8 Å². The summed E-state index contributed by atoms with van der Waals surface area (Å²) in [5.74, 6) is -0.537. The van der Waals surface area contributed by atoms with Gasteiger partial charge in [0.25, 0.3) is 5.56 Å². The van der Waals surface area contributed by atoms with Crippen LogP contribution < -0.4 is 11.2 Å². The third-order valence-corrected chi connectivity index (χ3v) is 10.2. The fourth-order valence-electron chi connectivity index (χ4n) is 4.71. The summed E-state index contributed by atoms with van der Waals surface area (Å²) >= 11 is 0. The number of H-pyrrole nitrogens is 1. The van der Waals surface area contributed by atoms with Crippen molar-refractivity contribution in [3.05, 3.63) is 62.0 Å². The number of phosphoric ester groups is 3. The van der Waals surface area contributed by atoms with E-state index in [1.807, 2.05) is 0 Å². The number of phosphoric acid groups is 3. The number of aromatic nitrogens is 3. The van der Waals surface area contributed by atoms with Gasteiger partial charge in [-0.05, 0) is 20.8 Å². The number of nitrogens with one attached hydrogen (secondary N) is 1. The molecule has 2 unspecified atom stereocenters. The van der Waals surface area contributed by atoms with E-state index in [2.05, 4.69) is 23.8 Å². The molecule has 2 aliphatic heterocycles. The highest BCUT2D eigenvalue weighted by Gasteiger charge is 2.51. The summed E-state index contributed by atoms with van der Waals surface area (Å²) in [5.41, 5.74) is -4.36. The fourth-order valence-corrected chi connectivity index (χ4v) is 7.17. The molecule has 0 spiro atoms. The molecule has 0 saturated carbocycles. The van der Waals surface area contributed by atoms with Gasteiger partial charge in [0.15, 0.2) is 18.1 Å². The van der Waals surface area contributed by atoms with Crippen LogP contribution in [-0.4, -0.2) is 104 Å². The standard InChI is InChI=1S/C24H34N4O19P3/c1-11-8-28(23(33)27-21(11)32)18-4-16(29)17(45-18)10-43-49(38,39)47-50(40,41)46-22-20(31)24(34,5-12(2)44-22)26-7-15-14(9-42-48(35,36)37)6-25-13(3)19(15)30/h5-8,12,16-18,20,22,29-31,34H,4,9-10H2,1-3H3,(H,38,39)(H,40,41)(H,27,32,33)(H2,35,36,37)/t12-,16+,17-,18-,20+,22-,24+/m1/s1. The SMILES string of the molecule is Cc1ncc(COP(=O)(O)O)c(C=N[C@]2(O)[CH][C@@H](C)O[C@H](OP(=O)(O)OP(=O)(O)OC[C@H]3O[C@@H](n4cc(C)c(=O)[nH]c4=O)C[C@@H]3O)[C@@H]2O)c1O. The highest BCUT2D eigenvalue weighted by atomic mass is 31.3. The number of hydrogen-bond acceptors (Lipinski definition) is 17. The summed E-state index contributed by atoms with van der Waals surface area (Å²) in [5, 5.41) is 42.7. The van der Waals surface area contributed by atoms with Gasteiger partial charge in [-0.25, -0.2) is 18.5 Å². The maximum atomic E-state index is 12.7. The number of hydrogen-bond donors (Lipinski definition) is 9. The van der Waals surface area contributed by atoms with Crippen molar-refractivity contribution in [1.29, 1.82) is 0 Å². The number of aromatic hydroxyl groups is 1. The topological polar surface area (TPSA) is 349 Å². The molecule has 279 valence electrons. The molecule has 4 rings (SSSR count). The van der Waals surface area contributed by atoms with Gasteiger partial charge in [0.05, 0.1) is 31.1 Å². The molecule has 50 heavy (non-hydrogen) atoms. The first-order chi connectivity index (χ1) is 23.0. The molecule has 0 bridgehead atoms. The molecule has 0 amide bonds. The minimum absolute atomic E-state index is 0.0339. The monoisotopic (exact) mass is 775 g/mol. The van der Waals surface area contributed by atoms with E-state index in [9.17, 15) is 53.5 Å². The molecule has 2 aromatic rings. The number of aliphatic hydroxyl groups excluding tert-OH is 2. The largest absolute Gasteiger partial charge is 0.505 e. The van der Waals surface area contributed by atoms with Crippen molar-refractivity contribution in [1.82, 2.24) is 14.5 Å². The van der Waals surface area contributed by atoms with Gasteiger partial charge >= 0.3 is 29.2 Å². The first kappa shape index (κ1) is 40.2. The quantitative estimate of drug-likeness (QED) is 0.0859. The minimum Gasteiger partial charge on any atom is -0.505 e. The van der Waals surface area contributed by atoms with E-state index in [1.54, 1.807) is 0 Å². The molecule has 1 radical (unpaired) electrons. The number of ether oxygens (including phenoxy) is 2. The molecule has 2 saturated heterocycles. The zero-order valence-electron chi connectivity index (χ0n) is 26.1.